The van der Waals surface area contributed by atoms with Gasteiger partial charge in [0.2, 0.25) is 0 Å². The van der Waals surface area contributed by atoms with Crippen molar-refractivity contribution in [2.45, 2.75) is 31.7 Å². The normalized spacial score (nSPS) is 16.1. The second kappa shape index (κ2) is 16.0. The summed E-state index contributed by atoms with van der Waals surface area (Å²) < 4.78 is 2.61. The Labute approximate surface area is 422 Å². The fourth-order valence-electron chi connectivity index (χ4n) is 12.7. The van der Waals surface area contributed by atoms with Gasteiger partial charge < -0.3 is 0 Å². The van der Waals surface area contributed by atoms with E-state index in [0.29, 0.717) is 0 Å². The van der Waals surface area contributed by atoms with Crippen LogP contribution in [-0.4, -0.2) is 5.71 Å². The van der Waals surface area contributed by atoms with Crippen LogP contribution in [0.2, 0.25) is 0 Å². The molecule has 2 atom stereocenters. The summed E-state index contributed by atoms with van der Waals surface area (Å²) in [4.78, 5) is 6.12. The van der Waals surface area contributed by atoms with Crippen LogP contribution in [0.25, 0.3) is 102 Å². The molecule has 0 saturated heterocycles. The van der Waals surface area contributed by atoms with Gasteiger partial charge in [-0.3, -0.25) is 4.99 Å². The van der Waals surface area contributed by atoms with E-state index < -0.39 is 0 Å². The van der Waals surface area contributed by atoms with Crippen molar-refractivity contribution in [3.8, 4) is 11.1 Å². The molecule has 2 heteroatoms. The molecular weight excluding hydrogens is 887 g/mol. The summed E-state index contributed by atoms with van der Waals surface area (Å²) in [5.74, 6) is 0.0767. The molecule has 2 aliphatic rings. The molecule has 15 rings (SSSR count). The van der Waals surface area contributed by atoms with Crippen molar-refractivity contribution in [2.75, 3.05) is 0 Å². The van der Waals surface area contributed by atoms with E-state index in [2.05, 4.69) is 225 Å². The predicted octanol–water partition coefficient (Wildman–Crippen LogP) is 19.3. The van der Waals surface area contributed by atoms with Crippen molar-refractivity contribution in [2.24, 2.45) is 4.99 Å². The number of allylic oxidation sites excluding steroid dienone is 1. The highest BCUT2D eigenvalue weighted by atomic mass is 32.1. The fraction of sp³-hybridized carbons (Fsp3) is 0.0714. The van der Waals surface area contributed by atoms with Gasteiger partial charge in [0.1, 0.15) is 6.04 Å². The van der Waals surface area contributed by atoms with E-state index in [4.69, 9.17) is 11.6 Å². The highest BCUT2D eigenvalue weighted by Gasteiger charge is 2.34. The van der Waals surface area contributed by atoms with Gasteiger partial charge in [0.05, 0.1) is 5.71 Å². The fourth-order valence-corrected chi connectivity index (χ4v) is 13.9. The number of rotatable bonds is 4. The third-order valence-electron chi connectivity index (χ3n) is 16.2. The summed E-state index contributed by atoms with van der Waals surface area (Å²) in [5, 5.41) is 17.6. The number of hydrogen-bond donors (Lipinski definition) is 0. The minimum absolute atomic E-state index is 0.0767. The molecule has 0 N–H and O–H groups in total. The van der Waals surface area contributed by atoms with Gasteiger partial charge in [-0.1, -0.05) is 170 Å². The molecule has 13 aromatic rings. The van der Waals surface area contributed by atoms with Gasteiger partial charge in [-0.15, -0.1) is 11.3 Å². The van der Waals surface area contributed by atoms with E-state index in [0.717, 1.165) is 35.3 Å². The van der Waals surface area contributed by atoms with Gasteiger partial charge in [0.15, 0.2) is 0 Å². The monoisotopic (exact) mass is 933 g/mol. The Morgan fingerprint density at radius 1 is 0.417 bits per heavy atom. The molecule has 338 valence electrons. The van der Waals surface area contributed by atoms with Crippen LogP contribution >= 0.6 is 11.3 Å². The summed E-state index contributed by atoms with van der Waals surface area (Å²) >= 11 is 1.92. The zero-order chi connectivity index (χ0) is 47.6. The first kappa shape index (κ1) is 41.4. The zero-order valence-corrected chi connectivity index (χ0v) is 40.7. The summed E-state index contributed by atoms with van der Waals surface area (Å²) in [5.41, 5.74) is 14.7. The molecule has 0 bridgehead atoms. The molecule has 2 heterocycles. The van der Waals surface area contributed by atoms with Gasteiger partial charge in [-0.25, -0.2) is 0 Å². The van der Waals surface area contributed by atoms with E-state index >= 15 is 0 Å². The number of benzene rings is 12. The lowest BCUT2D eigenvalue weighted by Crippen LogP contribution is -2.19. The number of dihydropyridines is 1. The number of thiophene rings is 1. The Morgan fingerprint density at radius 3 is 1.69 bits per heavy atom. The first-order chi connectivity index (χ1) is 35.5. The largest absolute Gasteiger partial charge is 0.272 e. The van der Waals surface area contributed by atoms with Gasteiger partial charge >= 0.3 is 0 Å². The molecule has 12 aromatic carbocycles. The van der Waals surface area contributed by atoms with E-state index in [9.17, 15) is 0 Å². The lowest BCUT2D eigenvalue weighted by molar-refractivity contribution is 0.709. The Hall–Kier alpha value is -8.43. The van der Waals surface area contributed by atoms with Crippen LogP contribution < -0.4 is 0 Å². The maximum absolute atomic E-state index is 6.12. The van der Waals surface area contributed by atoms with Gasteiger partial charge in [0, 0.05) is 31.7 Å². The molecular formula is C70H47NS. The lowest BCUT2D eigenvalue weighted by atomic mass is 9.76. The maximum Gasteiger partial charge on any atom is 0.101 e. The minimum atomic E-state index is -0.373. The highest BCUT2D eigenvalue weighted by Crippen LogP contribution is 2.52. The number of hydrogen-bond acceptors (Lipinski definition) is 2. The number of aryl methyl sites for hydroxylation is 1. The molecule has 1 aliphatic heterocycles. The van der Waals surface area contributed by atoms with Crippen LogP contribution in [-0.2, 0) is 6.42 Å². The van der Waals surface area contributed by atoms with Crippen molar-refractivity contribution >= 4 is 107 Å². The molecule has 1 nitrogen and oxygen atoms in total. The quantitative estimate of drug-likeness (QED) is 0.156. The molecule has 0 fully saturated rings. The third kappa shape index (κ3) is 6.42. The van der Waals surface area contributed by atoms with E-state index in [-0.39, 0.29) is 12.0 Å². The molecule has 72 heavy (non-hydrogen) atoms. The Morgan fingerprint density at radius 2 is 0.958 bits per heavy atom. The minimum Gasteiger partial charge on any atom is -0.272 e. The standard InChI is InChI=1S/C70H47NS/c1-41-68(53-28-27-43-15-3-4-16-44(43)32-53)42(2)70(71-69(41)64-37-51-23-11-12-24-54(51)55-25-13-14-26-56(55)64)65-39-63-62-36-49-21-9-10-22-50(49)38-66(62)72-67(63)40-61(65)57-30-29-52-31-45-17-5-6-18-46(45)33-58(52)60-35-48-20-8-7-19-47(48)34-59(57)60/h3-28,31-40,57,70H,2,29-30H2,1H3. The van der Waals surface area contributed by atoms with Crippen molar-refractivity contribution in [3.63, 3.8) is 0 Å². The number of nitrogens with zero attached hydrogens (tertiary/aromatic N) is 1. The van der Waals surface area contributed by atoms with Crippen LogP contribution in [0.4, 0.5) is 0 Å². The van der Waals surface area contributed by atoms with E-state index in [1.54, 1.807) is 0 Å². The van der Waals surface area contributed by atoms with Gasteiger partial charge in [-0.05, 0) is 195 Å². The lowest BCUT2D eigenvalue weighted by Gasteiger charge is -2.32. The molecule has 0 radical (unpaired) electrons. The number of aliphatic imine (C=N–C) groups is 1. The molecule has 2 unspecified atom stereocenters. The topological polar surface area (TPSA) is 12.4 Å². The van der Waals surface area contributed by atoms with Crippen LogP contribution in [0, 0.1) is 0 Å². The Balaban J connectivity index is 1.04. The molecule has 0 spiro atoms. The van der Waals surface area contributed by atoms with Crippen LogP contribution in [0.1, 0.15) is 58.7 Å². The Kier molecular flexibility index (Phi) is 9.22. The SMILES string of the molecule is C=C1C(c2ccc3ccccc3c2)=C(C)C(c2cc3ccccc3c3ccccc23)=NC1c1cc2c(cc1C1CCc3cc4ccccc4cc3-c3cc4ccccc4cc31)sc1cc3ccccc3cc12. The van der Waals surface area contributed by atoms with Gasteiger partial charge in [-0.2, -0.15) is 0 Å². The van der Waals surface area contributed by atoms with Crippen molar-refractivity contribution in [1.29, 1.82) is 0 Å². The zero-order valence-electron chi connectivity index (χ0n) is 39.9. The Bertz CT molecular complexity index is 4560. The second-order valence-corrected chi connectivity index (χ2v) is 21.3. The van der Waals surface area contributed by atoms with E-state index in [1.165, 1.54) is 129 Å². The van der Waals surface area contributed by atoms with Crippen molar-refractivity contribution in [3.05, 3.63) is 269 Å². The first-order valence-corrected chi connectivity index (χ1v) is 26.1. The third-order valence-corrected chi connectivity index (χ3v) is 17.3. The van der Waals surface area contributed by atoms with E-state index in [1.807, 2.05) is 11.3 Å². The average molecular weight is 934 g/mol. The van der Waals surface area contributed by atoms with Crippen molar-refractivity contribution < 1.29 is 0 Å². The van der Waals surface area contributed by atoms with Crippen LogP contribution in [0.3, 0.4) is 0 Å². The molecule has 0 amide bonds. The average Bonchev–Trinajstić information content (AvgIpc) is 3.69. The predicted molar refractivity (Wildman–Crippen MR) is 310 cm³/mol. The summed E-state index contributed by atoms with van der Waals surface area (Å²) in [6.45, 7) is 7.44. The summed E-state index contributed by atoms with van der Waals surface area (Å²) in [6.07, 6.45) is 1.91. The maximum atomic E-state index is 6.12. The molecule has 1 aliphatic carbocycles. The summed E-state index contributed by atoms with van der Waals surface area (Å²) in [6, 6.07) is 81.8. The number of fused-ring (bicyclic) bond motifs is 13. The first-order valence-electron chi connectivity index (χ1n) is 25.3. The smallest absolute Gasteiger partial charge is 0.101 e. The van der Waals surface area contributed by atoms with Crippen LogP contribution in [0.5, 0.6) is 0 Å². The molecule has 0 saturated carbocycles. The summed E-state index contributed by atoms with van der Waals surface area (Å²) in [7, 11) is 0. The van der Waals surface area contributed by atoms with Crippen LogP contribution in [0.15, 0.2) is 241 Å². The van der Waals surface area contributed by atoms with Gasteiger partial charge in [0.25, 0.3) is 0 Å². The van der Waals surface area contributed by atoms with Crippen molar-refractivity contribution in [1.82, 2.24) is 0 Å². The highest BCUT2D eigenvalue weighted by molar-refractivity contribution is 7.25. The molecule has 1 aromatic heterocycles. The second-order valence-electron chi connectivity index (χ2n) is 20.2.